The highest BCUT2D eigenvalue weighted by Gasteiger charge is 2.40. The number of carbonyl (C=O) groups excluding carboxylic acids is 4. The minimum atomic E-state index is -2.36. The Bertz CT molecular complexity index is 1390. The van der Waals surface area contributed by atoms with Crippen LogP contribution in [0.15, 0.2) is 42.4 Å². The summed E-state index contributed by atoms with van der Waals surface area (Å²) >= 11 is 0. The number of amides is 4. The first-order valence-electron chi connectivity index (χ1n) is 13.4. The summed E-state index contributed by atoms with van der Waals surface area (Å²) in [5.74, 6) is -1.71. The number of fused-ring (bicyclic) bond motifs is 1. The molecule has 0 spiro atoms. The number of nitrogens with zero attached hydrogens (tertiary/aromatic N) is 2. The van der Waals surface area contributed by atoms with Crippen molar-refractivity contribution in [1.82, 2.24) is 15.1 Å². The summed E-state index contributed by atoms with van der Waals surface area (Å²) in [7, 11) is 0. The van der Waals surface area contributed by atoms with Crippen molar-refractivity contribution < 1.29 is 35.5 Å². The van der Waals surface area contributed by atoms with Gasteiger partial charge in [0, 0.05) is 30.6 Å². The number of ether oxygens (including phenoxy) is 2. The maximum atomic E-state index is 13.0. The van der Waals surface area contributed by atoms with Crippen LogP contribution < -0.4 is 10.1 Å². The fourth-order valence-corrected chi connectivity index (χ4v) is 4.11. The lowest BCUT2D eigenvalue weighted by molar-refractivity contribution is -0.143. The first-order valence-corrected chi connectivity index (χ1v) is 10.8. The van der Waals surface area contributed by atoms with Crippen molar-refractivity contribution >= 4 is 23.6 Å². The van der Waals surface area contributed by atoms with Gasteiger partial charge in [-0.25, -0.2) is 0 Å². The Labute approximate surface area is 203 Å². The Morgan fingerprint density at radius 3 is 2.79 bits per heavy atom. The zero-order chi connectivity index (χ0) is 28.1. The van der Waals surface area contributed by atoms with Crippen LogP contribution in [-0.4, -0.2) is 59.2 Å². The van der Waals surface area contributed by atoms with E-state index in [2.05, 4.69) is 5.32 Å². The van der Waals surface area contributed by atoms with E-state index in [-0.39, 0.29) is 56.0 Å². The molecule has 0 radical (unpaired) electrons. The third-order valence-corrected chi connectivity index (χ3v) is 5.86. The molecule has 3 heterocycles. The molecule has 0 saturated carbocycles. The van der Waals surface area contributed by atoms with Gasteiger partial charge in [-0.05, 0) is 29.7 Å². The fourth-order valence-electron chi connectivity index (χ4n) is 4.11. The Kier molecular flexibility index (Phi) is 4.58. The van der Waals surface area contributed by atoms with Gasteiger partial charge in [0.2, 0.25) is 17.7 Å². The van der Waals surface area contributed by atoms with Crippen LogP contribution >= 0.6 is 0 Å². The van der Waals surface area contributed by atoms with Crippen molar-refractivity contribution in [3.63, 3.8) is 0 Å². The van der Waals surface area contributed by atoms with Gasteiger partial charge in [0.15, 0.2) is 0 Å². The molecule has 176 valence electrons. The zero-order valence-corrected chi connectivity index (χ0v) is 18.1. The second-order valence-electron chi connectivity index (χ2n) is 8.08. The molecule has 3 aliphatic heterocycles. The molecule has 0 aromatic heterocycles. The van der Waals surface area contributed by atoms with E-state index in [4.69, 9.17) is 16.3 Å². The number of nitrogens with one attached hydrogen (secondary N) is 1. The number of benzene rings is 2. The summed E-state index contributed by atoms with van der Waals surface area (Å²) in [5, 5.41) is 2.25. The molecule has 2 aromatic carbocycles. The summed E-state index contributed by atoms with van der Waals surface area (Å²) in [6.45, 7) is -3.93. The number of hydrogen-bond acceptors (Lipinski definition) is 6. The smallest absolute Gasteiger partial charge is 0.255 e. The summed E-state index contributed by atoms with van der Waals surface area (Å²) < 4.78 is 53.2. The third-order valence-electron chi connectivity index (χ3n) is 5.86. The summed E-state index contributed by atoms with van der Waals surface area (Å²) in [6, 6.07) is 5.59. The number of morpholine rings is 1. The lowest BCUT2D eigenvalue weighted by atomic mass is 10.0. The third kappa shape index (κ3) is 4.38. The molecule has 2 fully saturated rings. The highest BCUT2D eigenvalue weighted by atomic mass is 16.5. The Hall–Kier alpha value is -3.72. The van der Waals surface area contributed by atoms with E-state index in [1.165, 1.54) is 17.0 Å². The van der Waals surface area contributed by atoms with Crippen LogP contribution in [0.5, 0.6) is 5.75 Å². The predicted molar refractivity (Wildman–Crippen MR) is 119 cm³/mol. The van der Waals surface area contributed by atoms with Gasteiger partial charge in [-0.15, -0.1) is 0 Å². The molecule has 1 N–H and O–H groups in total. The second-order valence-corrected chi connectivity index (χ2v) is 8.08. The first-order chi connectivity index (χ1) is 18.5. The first kappa shape index (κ1) is 16.8. The Balaban J connectivity index is 1.38. The molecule has 2 saturated heterocycles. The minimum Gasteiger partial charge on any atom is -0.489 e. The molecule has 0 bridgehead atoms. The van der Waals surface area contributed by atoms with Crippen LogP contribution in [0.3, 0.4) is 0 Å². The van der Waals surface area contributed by atoms with E-state index in [9.17, 15) is 19.2 Å². The number of carbonyl (C=O) groups is 4. The molecular weight excluding hydrogens is 438 g/mol. The average Bonchev–Trinajstić information content (AvgIpc) is 3.22. The van der Waals surface area contributed by atoms with Crippen molar-refractivity contribution in [1.29, 1.82) is 0 Å². The van der Waals surface area contributed by atoms with E-state index < -0.39 is 54.8 Å². The molecule has 4 amide bonds. The fraction of sp³-hybridized carbons (Fsp3) is 0.360. The largest absolute Gasteiger partial charge is 0.489 e. The molecule has 9 heteroatoms. The highest BCUT2D eigenvalue weighted by Crippen LogP contribution is 2.34. The quantitative estimate of drug-likeness (QED) is 0.643. The lowest BCUT2D eigenvalue weighted by Gasteiger charge is -2.29. The van der Waals surface area contributed by atoms with Crippen LogP contribution in [-0.2, 0) is 38.7 Å². The summed E-state index contributed by atoms with van der Waals surface area (Å²) in [6.07, 6.45) is 0.316. The highest BCUT2D eigenvalue weighted by molar-refractivity contribution is 6.05. The molecule has 2 atom stereocenters. The van der Waals surface area contributed by atoms with E-state index in [1.807, 2.05) is 0 Å². The van der Waals surface area contributed by atoms with E-state index in [0.717, 1.165) is 4.90 Å². The monoisotopic (exact) mass is 468 g/mol. The molecular formula is C25H25N3O6. The average molecular weight is 469 g/mol. The second kappa shape index (κ2) is 9.26. The van der Waals surface area contributed by atoms with E-state index in [1.54, 1.807) is 18.2 Å². The van der Waals surface area contributed by atoms with Crippen LogP contribution in [0.1, 0.15) is 46.7 Å². The van der Waals surface area contributed by atoms with Crippen molar-refractivity contribution in [2.24, 2.45) is 0 Å². The molecule has 2 unspecified atom stereocenters. The molecule has 0 aliphatic carbocycles. The van der Waals surface area contributed by atoms with Crippen LogP contribution in [0.4, 0.5) is 0 Å². The maximum absolute atomic E-state index is 13.0. The number of rotatable bonds is 6. The molecule has 2 aromatic rings. The standard InChI is InChI=1S/C25H25N3O6/c29-22-9-8-20(24(31)26-22)28-13-19-18(25(28)32)2-1-3-21(19)34-14-17-6-4-16(5-7-17)12-27-10-11-33-15-23(27)30/h1-7,20H,8-15H2,(H,26,29,31)/i4D,6D,12D2,14D. The van der Waals surface area contributed by atoms with Gasteiger partial charge in [-0.1, -0.05) is 30.3 Å². The number of imide groups is 1. The van der Waals surface area contributed by atoms with Crippen molar-refractivity contribution in [2.75, 3.05) is 19.8 Å². The maximum Gasteiger partial charge on any atom is 0.255 e. The van der Waals surface area contributed by atoms with Gasteiger partial charge in [-0.3, -0.25) is 24.5 Å². The number of piperidine rings is 1. The van der Waals surface area contributed by atoms with Crippen molar-refractivity contribution in [3.05, 3.63) is 64.7 Å². The van der Waals surface area contributed by atoms with E-state index in [0.29, 0.717) is 11.1 Å². The van der Waals surface area contributed by atoms with Gasteiger partial charge < -0.3 is 19.3 Å². The Morgan fingerprint density at radius 2 is 1.97 bits per heavy atom. The minimum absolute atomic E-state index is 0.00177. The van der Waals surface area contributed by atoms with Crippen LogP contribution in [0, 0.1) is 0 Å². The Morgan fingerprint density at radius 1 is 1.15 bits per heavy atom. The molecule has 34 heavy (non-hydrogen) atoms. The normalized spacial score (nSPS) is 23.9. The van der Waals surface area contributed by atoms with Gasteiger partial charge in [0.05, 0.1) is 20.0 Å². The number of hydrogen-bond donors (Lipinski definition) is 1. The van der Waals surface area contributed by atoms with Gasteiger partial charge in [0.25, 0.3) is 5.91 Å². The summed E-state index contributed by atoms with van der Waals surface area (Å²) in [5.41, 5.74) is 0.567. The van der Waals surface area contributed by atoms with Crippen LogP contribution in [0.2, 0.25) is 0 Å². The van der Waals surface area contributed by atoms with Gasteiger partial charge in [0.1, 0.15) is 25.0 Å². The topological polar surface area (TPSA) is 105 Å². The zero-order valence-electron chi connectivity index (χ0n) is 23.1. The summed E-state index contributed by atoms with van der Waals surface area (Å²) in [4.78, 5) is 51.4. The van der Waals surface area contributed by atoms with Gasteiger partial charge >= 0.3 is 0 Å². The van der Waals surface area contributed by atoms with Gasteiger partial charge in [-0.2, -0.15) is 0 Å². The SMILES string of the molecule is [2H]c1c(C([2H])Oc2cccc3c2CN(C2CCC(=O)NC2=O)C3=O)ccc(C([2H])([2H])N2CCOCC2=O)c1[2H]. The lowest BCUT2D eigenvalue weighted by Crippen LogP contribution is -2.52. The molecule has 3 aliphatic rings. The van der Waals surface area contributed by atoms with Crippen LogP contribution in [0.25, 0.3) is 0 Å². The van der Waals surface area contributed by atoms with Crippen molar-refractivity contribution in [3.8, 4) is 5.75 Å². The van der Waals surface area contributed by atoms with E-state index >= 15 is 0 Å². The van der Waals surface area contributed by atoms with Crippen molar-refractivity contribution in [2.45, 2.75) is 38.5 Å². The predicted octanol–water partition coefficient (Wildman–Crippen LogP) is 1.39. The molecule has 5 rings (SSSR count). The molecule has 9 nitrogen and oxygen atoms in total.